The Morgan fingerprint density at radius 3 is 2.07 bits per heavy atom. The number of hydrogen-bond acceptors (Lipinski definition) is 0. The summed E-state index contributed by atoms with van der Waals surface area (Å²) in [5.74, 6) is -3.08. The molecule has 5 heteroatoms. The van der Waals surface area contributed by atoms with E-state index in [1.54, 1.807) is 6.92 Å². The molecule has 0 aliphatic rings. The van der Waals surface area contributed by atoms with E-state index >= 15 is 0 Å². The fourth-order valence-corrected chi connectivity index (χ4v) is 0.937. The van der Waals surface area contributed by atoms with E-state index in [-0.39, 0.29) is 5.57 Å². The fraction of sp³-hybridized carbons (Fsp3) is 0.556. The summed E-state index contributed by atoms with van der Waals surface area (Å²) in [5, 5.41) is 0. The SMILES string of the molecule is C/C=C\C(=C/CC(F)(F)P)C(C)(F)F. The molecule has 0 bridgehead atoms. The lowest BCUT2D eigenvalue weighted by atomic mass is 10.1. The molecule has 0 heterocycles. The van der Waals surface area contributed by atoms with Crippen molar-refractivity contribution in [1.29, 1.82) is 0 Å². The van der Waals surface area contributed by atoms with Crippen molar-refractivity contribution in [2.24, 2.45) is 0 Å². The summed E-state index contributed by atoms with van der Waals surface area (Å²) in [5.41, 5.74) is -3.42. The van der Waals surface area contributed by atoms with Crippen LogP contribution in [0.1, 0.15) is 20.3 Å². The molecule has 1 atom stereocenters. The molecule has 14 heavy (non-hydrogen) atoms. The molecule has 0 aliphatic heterocycles. The third-order valence-electron chi connectivity index (χ3n) is 1.45. The maximum absolute atomic E-state index is 12.8. The molecule has 0 fully saturated rings. The van der Waals surface area contributed by atoms with Crippen LogP contribution in [0.15, 0.2) is 23.8 Å². The van der Waals surface area contributed by atoms with Crippen LogP contribution in [-0.4, -0.2) is 11.6 Å². The van der Waals surface area contributed by atoms with Gasteiger partial charge in [-0.25, -0.2) is 17.6 Å². The number of allylic oxidation sites excluding steroid dienone is 4. The van der Waals surface area contributed by atoms with Crippen molar-refractivity contribution < 1.29 is 17.6 Å². The minimum absolute atomic E-state index is 0.387. The summed E-state index contributed by atoms with van der Waals surface area (Å²) >= 11 is 0. The number of halogens is 4. The second-order valence-electron chi connectivity index (χ2n) is 3.01. The van der Waals surface area contributed by atoms with Crippen LogP contribution in [0.25, 0.3) is 0 Å². The van der Waals surface area contributed by atoms with Gasteiger partial charge in [-0.2, -0.15) is 0 Å². The van der Waals surface area contributed by atoms with Gasteiger partial charge in [-0.05, 0) is 6.92 Å². The molecule has 0 saturated heterocycles. The highest BCUT2D eigenvalue weighted by molar-refractivity contribution is 7.18. The van der Waals surface area contributed by atoms with E-state index in [4.69, 9.17) is 0 Å². The van der Waals surface area contributed by atoms with E-state index in [1.807, 2.05) is 0 Å². The molecule has 0 amide bonds. The summed E-state index contributed by atoms with van der Waals surface area (Å²) in [6.07, 6.45) is 2.67. The van der Waals surface area contributed by atoms with Crippen LogP contribution in [-0.2, 0) is 0 Å². The first-order chi connectivity index (χ1) is 6.17. The van der Waals surface area contributed by atoms with Crippen molar-refractivity contribution in [3.8, 4) is 0 Å². The normalized spacial score (nSPS) is 15.2. The molecule has 0 radical (unpaired) electrons. The Morgan fingerprint density at radius 2 is 1.79 bits per heavy atom. The molecule has 0 aromatic rings. The number of alkyl halides is 4. The van der Waals surface area contributed by atoms with Gasteiger partial charge in [0, 0.05) is 18.9 Å². The largest absolute Gasteiger partial charge is 0.270 e. The molecule has 0 N–H and O–H groups in total. The summed E-state index contributed by atoms with van der Waals surface area (Å²) in [6.45, 7) is 2.23. The summed E-state index contributed by atoms with van der Waals surface area (Å²) in [6, 6.07) is 0. The Labute approximate surface area is 83.3 Å². The van der Waals surface area contributed by atoms with Gasteiger partial charge in [0.15, 0.2) is 0 Å². The average Bonchev–Trinajstić information content (AvgIpc) is 1.93. The van der Waals surface area contributed by atoms with Gasteiger partial charge in [-0.1, -0.05) is 27.5 Å². The Bertz CT molecular complexity index is 232. The van der Waals surface area contributed by atoms with Gasteiger partial charge in [0.05, 0.1) is 0 Å². The van der Waals surface area contributed by atoms with Crippen molar-refractivity contribution in [2.75, 3.05) is 0 Å². The molecule has 0 aromatic heterocycles. The standard InChI is InChI=1S/C9H13F4P/c1-3-4-7(8(2,10)11)5-6-9(12,13)14/h3-5H,6,14H2,1-2H3/b4-3-,7-5+. The maximum Gasteiger partial charge on any atom is 0.270 e. The first-order valence-electron chi connectivity index (χ1n) is 4.04. The Balaban J connectivity index is 4.68. The molecule has 1 unspecified atom stereocenters. The fourth-order valence-electron chi connectivity index (χ4n) is 0.819. The summed E-state index contributed by atoms with van der Waals surface area (Å²) < 4.78 is 50.3. The molecule has 82 valence electrons. The number of rotatable bonds is 4. The van der Waals surface area contributed by atoms with Crippen LogP contribution in [0.4, 0.5) is 17.6 Å². The zero-order valence-electron chi connectivity index (χ0n) is 8.03. The minimum atomic E-state index is -3.08. The Morgan fingerprint density at radius 1 is 1.29 bits per heavy atom. The van der Waals surface area contributed by atoms with Crippen LogP contribution < -0.4 is 0 Å². The molecule has 0 rings (SSSR count). The first kappa shape index (κ1) is 13.6. The third kappa shape index (κ3) is 6.14. The van der Waals surface area contributed by atoms with Gasteiger partial charge < -0.3 is 0 Å². The van der Waals surface area contributed by atoms with Crippen molar-refractivity contribution in [3.05, 3.63) is 23.8 Å². The highest BCUT2D eigenvalue weighted by Gasteiger charge is 2.27. The average molecular weight is 228 g/mol. The molecule has 0 saturated carbocycles. The van der Waals surface area contributed by atoms with E-state index in [1.165, 1.54) is 15.3 Å². The van der Waals surface area contributed by atoms with Crippen molar-refractivity contribution >= 4 is 9.24 Å². The predicted octanol–water partition coefficient (Wildman–Crippen LogP) is 4.00. The van der Waals surface area contributed by atoms with Crippen LogP contribution in [0.5, 0.6) is 0 Å². The molecule has 0 spiro atoms. The summed E-state index contributed by atoms with van der Waals surface area (Å²) in [7, 11) is 1.31. The van der Waals surface area contributed by atoms with Crippen LogP contribution >= 0.6 is 9.24 Å². The van der Waals surface area contributed by atoms with E-state index in [0.717, 1.165) is 12.2 Å². The van der Waals surface area contributed by atoms with Crippen molar-refractivity contribution in [1.82, 2.24) is 0 Å². The second-order valence-corrected chi connectivity index (χ2v) is 3.86. The second kappa shape index (κ2) is 4.92. The lowest BCUT2D eigenvalue weighted by Crippen LogP contribution is -2.13. The van der Waals surface area contributed by atoms with Gasteiger partial charge in [0.2, 0.25) is 0 Å². The Hall–Kier alpha value is -0.370. The Kier molecular flexibility index (Phi) is 4.79. The van der Waals surface area contributed by atoms with Crippen LogP contribution in [0.3, 0.4) is 0 Å². The highest BCUT2D eigenvalue weighted by Crippen LogP contribution is 2.30. The van der Waals surface area contributed by atoms with Gasteiger partial charge in [-0.3, -0.25) is 0 Å². The third-order valence-corrected chi connectivity index (χ3v) is 1.68. The monoisotopic (exact) mass is 228 g/mol. The predicted molar refractivity (Wildman–Crippen MR) is 52.8 cm³/mol. The topological polar surface area (TPSA) is 0 Å². The van der Waals surface area contributed by atoms with E-state index < -0.39 is 18.0 Å². The minimum Gasteiger partial charge on any atom is -0.202 e. The number of hydrogen-bond donors (Lipinski definition) is 0. The lowest BCUT2D eigenvalue weighted by molar-refractivity contribution is 0.0652. The van der Waals surface area contributed by atoms with E-state index in [2.05, 4.69) is 0 Å². The smallest absolute Gasteiger partial charge is 0.202 e. The van der Waals surface area contributed by atoms with Crippen molar-refractivity contribution in [2.45, 2.75) is 31.9 Å². The zero-order valence-corrected chi connectivity index (χ0v) is 9.18. The van der Waals surface area contributed by atoms with Crippen LogP contribution in [0.2, 0.25) is 0 Å². The van der Waals surface area contributed by atoms with Crippen LogP contribution in [0, 0.1) is 0 Å². The maximum atomic E-state index is 12.8. The van der Waals surface area contributed by atoms with Gasteiger partial charge in [0.1, 0.15) is 0 Å². The summed E-state index contributed by atoms with van der Waals surface area (Å²) in [4.78, 5) is 0. The molecule has 0 nitrogen and oxygen atoms in total. The van der Waals surface area contributed by atoms with Gasteiger partial charge >= 0.3 is 0 Å². The van der Waals surface area contributed by atoms with Crippen molar-refractivity contribution in [3.63, 3.8) is 0 Å². The van der Waals surface area contributed by atoms with E-state index in [0.29, 0.717) is 6.92 Å². The first-order valence-corrected chi connectivity index (χ1v) is 4.62. The lowest BCUT2D eigenvalue weighted by Gasteiger charge is -2.13. The molecule has 0 aromatic carbocycles. The van der Waals surface area contributed by atoms with Gasteiger partial charge in [0.25, 0.3) is 11.6 Å². The zero-order chi connectivity index (χ0) is 11.4. The highest BCUT2D eigenvalue weighted by atomic mass is 31.0. The van der Waals surface area contributed by atoms with Gasteiger partial charge in [-0.15, -0.1) is 0 Å². The molecular weight excluding hydrogens is 215 g/mol. The molecule has 0 aliphatic carbocycles. The molecular formula is C9H13F4P. The van der Waals surface area contributed by atoms with E-state index in [9.17, 15) is 17.6 Å². The quantitative estimate of drug-likeness (QED) is 0.387.